The van der Waals surface area contributed by atoms with Crippen LogP contribution in [0.1, 0.15) is 44.0 Å². The van der Waals surface area contributed by atoms with Gasteiger partial charge in [-0.3, -0.25) is 9.69 Å². The second kappa shape index (κ2) is 10.5. The Labute approximate surface area is 211 Å². The monoisotopic (exact) mass is 512 g/mol. The minimum Gasteiger partial charge on any atom is -0.444 e. The van der Waals surface area contributed by atoms with Crippen LogP contribution in [0.5, 0.6) is 0 Å². The Morgan fingerprint density at radius 3 is 2.15 bits per heavy atom. The molecule has 4 rings (SSSR count). The topological polar surface area (TPSA) is 74.4 Å². The summed E-state index contributed by atoms with van der Waals surface area (Å²) in [6.45, 7) is 11.1. The molecule has 0 spiro atoms. The first-order valence-electron chi connectivity index (χ1n) is 12.0. The predicted molar refractivity (Wildman–Crippen MR) is 133 cm³/mol. The van der Waals surface area contributed by atoms with Gasteiger partial charge in [-0.15, -0.1) is 0 Å². The van der Waals surface area contributed by atoms with Crippen LogP contribution in [0.25, 0.3) is 0 Å². The van der Waals surface area contributed by atoms with Gasteiger partial charge in [-0.1, -0.05) is 23.2 Å². The van der Waals surface area contributed by atoms with Crippen molar-refractivity contribution < 1.29 is 19.1 Å². The summed E-state index contributed by atoms with van der Waals surface area (Å²) in [5.41, 5.74) is 0.699. The molecule has 0 aliphatic carbocycles. The Kier molecular flexibility index (Phi) is 7.82. The van der Waals surface area contributed by atoms with E-state index < -0.39 is 5.60 Å². The van der Waals surface area contributed by atoms with Gasteiger partial charge in [-0.2, -0.15) is 0 Å². The number of nitrogens with one attached hydrogen (secondary N) is 1. The molecule has 188 valence electrons. The number of halogens is 2. The second-order valence-corrected chi connectivity index (χ2v) is 11.0. The summed E-state index contributed by atoms with van der Waals surface area (Å²) in [4.78, 5) is 31.1. The Morgan fingerprint density at radius 2 is 1.59 bits per heavy atom. The van der Waals surface area contributed by atoms with Gasteiger partial charge in [0, 0.05) is 51.0 Å². The van der Waals surface area contributed by atoms with E-state index in [2.05, 4.69) is 10.2 Å². The molecule has 3 fully saturated rings. The van der Waals surface area contributed by atoms with Gasteiger partial charge in [0.15, 0.2) is 0 Å². The van der Waals surface area contributed by atoms with E-state index in [9.17, 15) is 9.59 Å². The smallest absolute Gasteiger partial charge is 0.410 e. The molecule has 3 saturated heterocycles. The van der Waals surface area contributed by atoms with Crippen LogP contribution in [0.4, 0.5) is 10.5 Å². The number of nitrogens with zero attached hydrogens (tertiary/aromatic N) is 3. The van der Waals surface area contributed by atoms with Crippen LogP contribution in [-0.4, -0.2) is 96.9 Å². The summed E-state index contributed by atoms with van der Waals surface area (Å²) < 4.78 is 10.8. The molecular formula is C24H34Cl2N4O4. The third-order valence-electron chi connectivity index (χ3n) is 6.47. The Hall–Kier alpha value is -1.74. The Morgan fingerprint density at radius 1 is 1.00 bits per heavy atom. The zero-order chi connectivity index (χ0) is 24.5. The lowest BCUT2D eigenvalue weighted by Crippen LogP contribution is -2.60. The highest BCUT2D eigenvalue weighted by Crippen LogP contribution is 2.32. The molecule has 2 amide bonds. The number of anilines is 1. The summed E-state index contributed by atoms with van der Waals surface area (Å²) in [6, 6.07) is 4.32. The van der Waals surface area contributed by atoms with Crippen LogP contribution in [0.15, 0.2) is 12.1 Å². The number of hydrogen-bond donors (Lipinski definition) is 1. The van der Waals surface area contributed by atoms with Crippen LogP contribution >= 0.6 is 23.2 Å². The van der Waals surface area contributed by atoms with Crippen molar-refractivity contribution in [1.29, 1.82) is 0 Å². The minimum absolute atomic E-state index is 0.155. The van der Waals surface area contributed by atoms with Gasteiger partial charge in [-0.25, -0.2) is 4.79 Å². The number of carbonyl (C=O) groups is 2. The van der Waals surface area contributed by atoms with Crippen LogP contribution in [-0.2, 0) is 9.47 Å². The molecule has 10 heteroatoms. The maximum absolute atomic E-state index is 12.8. The molecule has 0 atom stereocenters. The number of carbonyl (C=O) groups excluding carboxylic acids is 2. The van der Waals surface area contributed by atoms with Crippen molar-refractivity contribution in [2.45, 2.75) is 51.3 Å². The van der Waals surface area contributed by atoms with Gasteiger partial charge < -0.3 is 24.6 Å². The van der Waals surface area contributed by atoms with Gasteiger partial charge in [0.05, 0.1) is 34.9 Å². The number of morpholine rings is 1. The molecular weight excluding hydrogens is 479 g/mol. The van der Waals surface area contributed by atoms with Crippen LogP contribution in [0.2, 0.25) is 10.0 Å². The van der Waals surface area contributed by atoms with Crippen molar-refractivity contribution in [3.8, 4) is 0 Å². The highest BCUT2D eigenvalue weighted by molar-refractivity contribution is 6.40. The molecule has 8 nitrogen and oxygen atoms in total. The largest absolute Gasteiger partial charge is 0.444 e. The van der Waals surface area contributed by atoms with Crippen molar-refractivity contribution in [3.63, 3.8) is 0 Å². The van der Waals surface area contributed by atoms with Crippen LogP contribution in [0, 0.1) is 0 Å². The summed E-state index contributed by atoms with van der Waals surface area (Å²) in [7, 11) is 0. The van der Waals surface area contributed by atoms with E-state index in [1.54, 1.807) is 21.9 Å². The highest BCUT2D eigenvalue weighted by atomic mass is 35.5. The molecule has 1 aromatic carbocycles. The van der Waals surface area contributed by atoms with Crippen LogP contribution in [0.3, 0.4) is 0 Å². The number of amides is 2. The Balaban J connectivity index is 1.25. The number of hydrogen-bond acceptors (Lipinski definition) is 6. The van der Waals surface area contributed by atoms with E-state index in [-0.39, 0.29) is 18.0 Å². The van der Waals surface area contributed by atoms with Crippen molar-refractivity contribution in [1.82, 2.24) is 14.7 Å². The normalized spacial score (nSPS) is 20.7. The quantitative estimate of drug-likeness (QED) is 0.657. The standard InChI is InChI=1S/C24H34Cl2N4O4/c1-24(2,3)34-23(32)29-6-4-18(5-7-29)30-14-17(15-30)27-16-12-19(25)21(20(26)13-16)22(31)28-8-10-33-11-9-28/h12-13,17-18,27H,4-11,14-15H2,1-3H3. The second-order valence-electron chi connectivity index (χ2n) is 10.2. The number of rotatable bonds is 4. The molecule has 0 saturated carbocycles. The SMILES string of the molecule is CC(C)(C)OC(=O)N1CCC(N2CC(Nc3cc(Cl)c(C(=O)N4CCOCC4)c(Cl)c3)C2)CC1. The minimum atomic E-state index is -0.468. The molecule has 3 aliphatic rings. The van der Waals surface area contributed by atoms with E-state index in [0.717, 1.165) is 44.7 Å². The summed E-state index contributed by atoms with van der Waals surface area (Å²) in [5.74, 6) is -0.155. The summed E-state index contributed by atoms with van der Waals surface area (Å²) in [6.07, 6.45) is 1.67. The highest BCUT2D eigenvalue weighted by Gasteiger charge is 2.36. The van der Waals surface area contributed by atoms with Crippen molar-refractivity contribution >= 4 is 40.9 Å². The zero-order valence-electron chi connectivity index (χ0n) is 20.1. The van der Waals surface area contributed by atoms with E-state index >= 15 is 0 Å². The first kappa shape index (κ1) is 25.4. The number of likely N-dealkylation sites (tertiary alicyclic amines) is 2. The summed E-state index contributed by atoms with van der Waals surface area (Å²) >= 11 is 12.9. The lowest BCUT2D eigenvalue weighted by atomic mass is 9.97. The fraction of sp³-hybridized carbons (Fsp3) is 0.667. The van der Waals surface area contributed by atoms with Gasteiger partial charge in [-0.05, 0) is 45.7 Å². The molecule has 34 heavy (non-hydrogen) atoms. The number of piperidine rings is 1. The van der Waals surface area contributed by atoms with Crippen molar-refractivity contribution in [3.05, 3.63) is 27.7 Å². The number of ether oxygens (including phenoxy) is 2. The molecule has 3 aliphatic heterocycles. The molecule has 0 radical (unpaired) electrons. The number of benzene rings is 1. The predicted octanol–water partition coefficient (Wildman–Crippen LogP) is 3.96. The third kappa shape index (κ3) is 6.08. The molecule has 0 bridgehead atoms. The van der Waals surface area contributed by atoms with Gasteiger partial charge in [0.25, 0.3) is 5.91 Å². The summed E-state index contributed by atoms with van der Waals surface area (Å²) in [5, 5.41) is 4.20. The fourth-order valence-corrected chi connectivity index (χ4v) is 5.31. The maximum Gasteiger partial charge on any atom is 0.410 e. The van der Waals surface area contributed by atoms with Crippen LogP contribution < -0.4 is 5.32 Å². The van der Waals surface area contributed by atoms with Gasteiger partial charge in [0.1, 0.15) is 5.60 Å². The van der Waals surface area contributed by atoms with E-state index in [4.69, 9.17) is 32.7 Å². The lowest BCUT2D eigenvalue weighted by molar-refractivity contribution is 0.00749. The maximum atomic E-state index is 12.8. The van der Waals surface area contributed by atoms with Crippen molar-refractivity contribution in [2.75, 3.05) is 57.8 Å². The lowest BCUT2D eigenvalue weighted by Gasteiger charge is -2.47. The van der Waals surface area contributed by atoms with E-state index in [1.165, 1.54) is 0 Å². The molecule has 1 aromatic rings. The van der Waals surface area contributed by atoms with Gasteiger partial charge in [0.2, 0.25) is 0 Å². The Bertz CT molecular complexity index is 880. The molecule has 1 N–H and O–H groups in total. The fourth-order valence-electron chi connectivity index (χ4n) is 4.66. The average molecular weight is 513 g/mol. The van der Waals surface area contributed by atoms with Gasteiger partial charge >= 0.3 is 6.09 Å². The first-order chi connectivity index (χ1) is 16.1. The third-order valence-corrected chi connectivity index (χ3v) is 7.06. The molecule has 0 unspecified atom stereocenters. The molecule has 0 aromatic heterocycles. The average Bonchev–Trinajstić information content (AvgIpc) is 2.75. The van der Waals surface area contributed by atoms with E-state index in [1.807, 2.05) is 20.8 Å². The first-order valence-corrected chi connectivity index (χ1v) is 12.7. The molecule has 3 heterocycles. The zero-order valence-corrected chi connectivity index (χ0v) is 21.6. The van der Waals surface area contributed by atoms with Crippen molar-refractivity contribution in [2.24, 2.45) is 0 Å². The van der Waals surface area contributed by atoms with E-state index in [0.29, 0.717) is 48.0 Å².